The first-order valence-corrected chi connectivity index (χ1v) is 10.3. The molecule has 0 saturated heterocycles. The molecule has 1 atom stereocenters. The van der Waals surface area contributed by atoms with Crippen LogP contribution < -0.4 is 10.1 Å². The Labute approximate surface area is 181 Å². The summed E-state index contributed by atoms with van der Waals surface area (Å²) in [4.78, 5) is 27.3. The van der Waals surface area contributed by atoms with Gasteiger partial charge in [-0.15, -0.1) is 0 Å². The lowest BCUT2D eigenvalue weighted by atomic mass is 10.1. The molecule has 0 bridgehead atoms. The van der Waals surface area contributed by atoms with Gasteiger partial charge in [-0.25, -0.2) is 0 Å². The first kappa shape index (κ1) is 23.0. The summed E-state index contributed by atoms with van der Waals surface area (Å²) in [5.74, 6) is 0.0748. The number of hydrogen-bond acceptors (Lipinski definition) is 3. The molecule has 29 heavy (non-hydrogen) atoms. The largest absolute Gasteiger partial charge is 0.484 e. The standard InChI is InChI=1S/C22H26Cl2N2O3/c1-4-20(22(28)25-15(2)3)26(13-16-5-7-17(23)8-6-16)21(27)14-29-19-11-9-18(24)10-12-19/h5-12,15,20H,4,13-14H2,1-3H3,(H,25,28)/t20-/m0/s1. The Hall–Kier alpha value is -2.24. The molecule has 0 aliphatic carbocycles. The minimum absolute atomic E-state index is 0.0191. The van der Waals surface area contributed by atoms with Crippen LogP contribution in [0.5, 0.6) is 5.75 Å². The SMILES string of the molecule is CC[C@@H](C(=O)NC(C)C)N(Cc1ccc(Cl)cc1)C(=O)COc1ccc(Cl)cc1. The number of halogens is 2. The van der Waals surface area contributed by atoms with E-state index in [1.807, 2.05) is 32.9 Å². The minimum Gasteiger partial charge on any atom is -0.484 e. The highest BCUT2D eigenvalue weighted by molar-refractivity contribution is 6.30. The van der Waals surface area contributed by atoms with Gasteiger partial charge in [-0.05, 0) is 62.2 Å². The highest BCUT2D eigenvalue weighted by atomic mass is 35.5. The van der Waals surface area contributed by atoms with Crippen LogP contribution in [0.15, 0.2) is 48.5 Å². The first-order chi connectivity index (χ1) is 13.8. The van der Waals surface area contributed by atoms with Crippen molar-refractivity contribution in [2.24, 2.45) is 0 Å². The highest BCUT2D eigenvalue weighted by Crippen LogP contribution is 2.18. The molecule has 0 saturated carbocycles. The zero-order chi connectivity index (χ0) is 21.4. The van der Waals surface area contributed by atoms with Gasteiger partial charge >= 0.3 is 0 Å². The molecule has 2 rings (SSSR count). The van der Waals surface area contributed by atoms with Gasteiger partial charge in [0.15, 0.2) is 6.61 Å². The fourth-order valence-electron chi connectivity index (χ4n) is 2.85. The monoisotopic (exact) mass is 436 g/mol. The molecule has 0 fully saturated rings. The molecule has 0 radical (unpaired) electrons. The molecule has 0 aliphatic heterocycles. The van der Waals surface area contributed by atoms with Gasteiger partial charge in [-0.2, -0.15) is 0 Å². The average Bonchev–Trinajstić information content (AvgIpc) is 2.68. The third-order valence-corrected chi connectivity index (χ3v) is 4.76. The molecule has 0 aromatic heterocycles. The Balaban J connectivity index is 2.18. The molecule has 0 aliphatic rings. The third-order valence-electron chi connectivity index (χ3n) is 4.26. The normalized spacial score (nSPS) is 11.8. The van der Waals surface area contributed by atoms with Crippen LogP contribution in [0.4, 0.5) is 0 Å². The van der Waals surface area contributed by atoms with Gasteiger partial charge in [-0.1, -0.05) is 42.3 Å². The number of hydrogen-bond donors (Lipinski definition) is 1. The molecule has 156 valence electrons. The van der Waals surface area contributed by atoms with Crippen molar-refractivity contribution in [1.29, 1.82) is 0 Å². The second-order valence-corrected chi connectivity index (χ2v) is 7.85. The molecule has 2 aromatic carbocycles. The highest BCUT2D eigenvalue weighted by Gasteiger charge is 2.29. The lowest BCUT2D eigenvalue weighted by Crippen LogP contribution is -2.51. The van der Waals surface area contributed by atoms with Gasteiger partial charge in [0, 0.05) is 22.6 Å². The van der Waals surface area contributed by atoms with Crippen LogP contribution in [0, 0.1) is 0 Å². The van der Waals surface area contributed by atoms with Gasteiger partial charge in [0.1, 0.15) is 11.8 Å². The van der Waals surface area contributed by atoms with Gasteiger partial charge < -0.3 is 15.0 Å². The lowest BCUT2D eigenvalue weighted by molar-refractivity contribution is -0.143. The third kappa shape index (κ3) is 7.26. The number of nitrogens with zero attached hydrogens (tertiary/aromatic N) is 1. The van der Waals surface area contributed by atoms with E-state index in [1.54, 1.807) is 41.3 Å². The summed E-state index contributed by atoms with van der Waals surface area (Å²) in [7, 11) is 0. The predicted octanol–water partition coefficient (Wildman–Crippen LogP) is 4.70. The second-order valence-electron chi connectivity index (χ2n) is 6.98. The van der Waals surface area contributed by atoms with E-state index in [9.17, 15) is 9.59 Å². The Morgan fingerprint density at radius 2 is 1.55 bits per heavy atom. The Kier molecular flexibility index (Phi) is 8.80. The van der Waals surface area contributed by atoms with Gasteiger partial charge in [0.25, 0.3) is 5.91 Å². The number of carbonyl (C=O) groups excluding carboxylic acids is 2. The van der Waals surface area contributed by atoms with Crippen molar-refractivity contribution in [3.8, 4) is 5.75 Å². The van der Waals surface area contributed by atoms with Crippen LogP contribution in [0.25, 0.3) is 0 Å². The molecule has 0 unspecified atom stereocenters. The maximum absolute atomic E-state index is 13.0. The van der Waals surface area contributed by atoms with Crippen molar-refractivity contribution in [3.05, 3.63) is 64.1 Å². The molecule has 1 N–H and O–H groups in total. The van der Waals surface area contributed by atoms with Crippen molar-refractivity contribution in [1.82, 2.24) is 10.2 Å². The molecule has 5 nitrogen and oxygen atoms in total. The van der Waals surface area contributed by atoms with Crippen molar-refractivity contribution < 1.29 is 14.3 Å². The van der Waals surface area contributed by atoms with Crippen LogP contribution in [-0.4, -0.2) is 35.4 Å². The Morgan fingerprint density at radius 1 is 1.00 bits per heavy atom. The summed E-state index contributed by atoms with van der Waals surface area (Å²) in [6, 6.07) is 13.4. The molecule has 7 heteroatoms. The average molecular weight is 437 g/mol. The molecular formula is C22H26Cl2N2O3. The van der Waals surface area contributed by atoms with Crippen molar-refractivity contribution in [2.75, 3.05) is 6.61 Å². The zero-order valence-corrected chi connectivity index (χ0v) is 18.3. The van der Waals surface area contributed by atoms with Gasteiger partial charge in [0.2, 0.25) is 5.91 Å². The Bertz CT molecular complexity index is 808. The maximum atomic E-state index is 13.0. The first-order valence-electron chi connectivity index (χ1n) is 9.52. The lowest BCUT2D eigenvalue weighted by Gasteiger charge is -2.31. The Morgan fingerprint density at radius 3 is 2.07 bits per heavy atom. The topological polar surface area (TPSA) is 58.6 Å². The van der Waals surface area contributed by atoms with E-state index in [4.69, 9.17) is 27.9 Å². The number of rotatable bonds is 9. The van der Waals surface area contributed by atoms with E-state index < -0.39 is 6.04 Å². The molecule has 0 heterocycles. The summed E-state index contributed by atoms with van der Waals surface area (Å²) in [5.41, 5.74) is 0.880. The minimum atomic E-state index is -0.602. The number of carbonyl (C=O) groups is 2. The van der Waals surface area contributed by atoms with Gasteiger partial charge in [-0.3, -0.25) is 9.59 Å². The molecule has 2 aromatic rings. The van der Waals surface area contributed by atoms with E-state index >= 15 is 0 Å². The fraction of sp³-hybridized carbons (Fsp3) is 0.364. The molecular weight excluding hydrogens is 411 g/mol. The number of benzene rings is 2. The number of nitrogens with one attached hydrogen (secondary N) is 1. The number of amides is 2. The fourth-order valence-corrected chi connectivity index (χ4v) is 3.10. The van der Waals surface area contributed by atoms with Crippen molar-refractivity contribution in [3.63, 3.8) is 0 Å². The summed E-state index contributed by atoms with van der Waals surface area (Å²) in [6.07, 6.45) is 0.485. The quantitative estimate of drug-likeness (QED) is 0.619. The molecule has 0 spiro atoms. The smallest absolute Gasteiger partial charge is 0.261 e. The van der Waals surface area contributed by atoms with E-state index in [-0.39, 0.29) is 31.0 Å². The zero-order valence-electron chi connectivity index (χ0n) is 16.8. The van der Waals surface area contributed by atoms with Crippen LogP contribution in [0.3, 0.4) is 0 Å². The van der Waals surface area contributed by atoms with E-state index in [2.05, 4.69) is 5.32 Å². The number of ether oxygens (including phenoxy) is 1. The van der Waals surface area contributed by atoms with Crippen LogP contribution >= 0.6 is 23.2 Å². The summed E-state index contributed by atoms with van der Waals surface area (Å²) >= 11 is 11.8. The second kappa shape index (κ2) is 11.1. The predicted molar refractivity (Wildman–Crippen MR) is 116 cm³/mol. The summed E-state index contributed by atoms with van der Waals surface area (Å²) in [5, 5.41) is 4.10. The summed E-state index contributed by atoms with van der Waals surface area (Å²) < 4.78 is 5.61. The van der Waals surface area contributed by atoms with Crippen LogP contribution in [0.2, 0.25) is 10.0 Å². The molecule has 2 amide bonds. The van der Waals surface area contributed by atoms with Crippen LogP contribution in [-0.2, 0) is 16.1 Å². The van der Waals surface area contributed by atoms with E-state index in [1.165, 1.54) is 0 Å². The van der Waals surface area contributed by atoms with Crippen molar-refractivity contribution >= 4 is 35.0 Å². The van der Waals surface area contributed by atoms with Crippen LogP contribution in [0.1, 0.15) is 32.8 Å². The van der Waals surface area contributed by atoms with E-state index in [0.717, 1.165) is 5.56 Å². The maximum Gasteiger partial charge on any atom is 0.261 e. The van der Waals surface area contributed by atoms with Gasteiger partial charge in [0.05, 0.1) is 0 Å². The van der Waals surface area contributed by atoms with E-state index in [0.29, 0.717) is 22.2 Å². The summed E-state index contributed by atoms with van der Waals surface area (Å²) in [6.45, 7) is 5.76. The van der Waals surface area contributed by atoms with Crippen molar-refractivity contribution in [2.45, 2.75) is 45.8 Å².